The third-order valence-corrected chi connectivity index (χ3v) is 5.04. The summed E-state index contributed by atoms with van der Waals surface area (Å²) in [4.78, 5) is 6.97. The number of nitrogens with zero attached hydrogens (tertiary/aromatic N) is 2. The van der Waals surface area contributed by atoms with Crippen molar-refractivity contribution in [2.45, 2.75) is 32.9 Å². The van der Waals surface area contributed by atoms with Crippen LogP contribution in [0.25, 0.3) is 0 Å². The van der Waals surface area contributed by atoms with Gasteiger partial charge in [0.2, 0.25) is 0 Å². The Bertz CT molecular complexity index is 674. The van der Waals surface area contributed by atoms with E-state index in [1.807, 2.05) is 19.1 Å². The highest BCUT2D eigenvalue weighted by Crippen LogP contribution is 2.27. The summed E-state index contributed by atoms with van der Waals surface area (Å²) in [7, 11) is 1.69. The predicted octanol–water partition coefficient (Wildman–Crippen LogP) is 3.65. The van der Waals surface area contributed by atoms with Gasteiger partial charge >= 0.3 is 0 Å². The largest absolute Gasteiger partial charge is 0.497 e. The second-order valence-corrected chi connectivity index (χ2v) is 7.27. The zero-order chi connectivity index (χ0) is 17.5. The van der Waals surface area contributed by atoms with E-state index in [0.29, 0.717) is 6.61 Å². The van der Waals surface area contributed by atoms with Gasteiger partial charge in [0.15, 0.2) is 0 Å². The van der Waals surface area contributed by atoms with E-state index in [2.05, 4.69) is 21.3 Å². The average Bonchev–Trinajstić information content (AvgIpc) is 3.01. The van der Waals surface area contributed by atoms with Crippen LogP contribution in [0, 0.1) is 6.92 Å². The number of thiazole rings is 1. The third kappa shape index (κ3) is 5.42. The Morgan fingerprint density at radius 1 is 1.24 bits per heavy atom. The third-order valence-electron chi connectivity index (χ3n) is 4.21. The number of aromatic nitrogens is 1. The van der Waals surface area contributed by atoms with Crippen molar-refractivity contribution < 1.29 is 14.2 Å². The number of ether oxygens (including phenoxy) is 3. The van der Waals surface area contributed by atoms with E-state index >= 15 is 0 Å². The van der Waals surface area contributed by atoms with Crippen molar-refractivity contribution in [2.75, 3.05) is 33.5 Å². The first kappa shape index (κ1) is 18.2. The van der Waals surface area contributed by atoms with Crippen molar-refractivity contribution in [3.8, 4) is 11.5 Å². The molecule has 0 saturated carbocycles. The van der Waals surface area contributed by atoms with Gasteiger partial charge in [0.25, 0.3) is 0 Å². The predicted molar refractivity (Wildman–Crippen MR) is 99.5 cm³/mol. The summed E-state index contributed by atoms with van der Waals surface area (Å²) in [5, 5.41) is 3.24. The molecule has 0 saturated heterocycles. The van der Waals surface area contributed by atoms with E-state index in [1.165, 1.54) is 5.56 Å². The van der Waals surface area contributed by atoms with Gasteiger partial charge in [-0.2, -0.15) is 0 Å². The SMILES string of the molecule is COc1ccc2c(c1)OCCCCOCCN(Cc1csc(C)n1)C2. The van der Waals surface area contributed by atoms with Crippen LogP contribution in [0.1, 0.15) is 29.1 Å². The lowest BCUT2D eigenvalue weighted by Gasteiger charge is -2.24. The van der Waals surface area contributed by atoms with Crippen molar-refractivity contribution in [3.63, 3.8) is 0 Å². The maximum Gasteiger partial charge on any atom is 0.127 e. The van der Waals surface area contributed by atoms with Crippen molar-refractivity contribution in [1.82, 2.24) is 9.88 Å². The molecule has 25 heavy (non-hydrogen) atoms. The number of methoxy groups -OCH3 is 1. The Kier molecular flexibility index (Phi) is 6.67. The molecule has 3 rings (SSSR count). The van der Waals surface area contributed by atoms with Crippen molar-refractivity contribution in [3.05, 3.63) is 39.8 Å². The number of hydrogen-bond acceptors (Lipinski definition) is 6. The molecule has 1 aromatic carbocycles. The van der Waals surface area contributed by atoms with Gasteiger partial charge < -0.3 is 14.2 Å². The number of aryl methyl sites for hydroxylation is 1. The van der Waals surface area contributed by atoms with Crippen molar-refractivity contribution >= 4 is 11.3 Å². The molecule has 136 valence electrons. The minimum absolute atomic E-state index is 0.703. The van der Waals surface area contributed by atoms with Crippen LogP contribution in [0.3, 0.4) is 0 Å². The molecule has 0 amide bonds. The number of benzene rings is 1. The molecule has 2 aromatic rings. The highest BCUT2D eigenvalue weighted by Gasteiger charge is 2.14. The lowest BCUT2D eigenvalue weighted by atomic mass is 10.1. The standard InChI is InChI=1S/C19H26N2O3S/c1-15-20-17(14-25-15)13-21-7-10-23-8-3-4-9-24-19-11-18(22-2)6-5-16(19)12-21/h5-6,11,14H,3-4,7-10,12-13H2,1-2H3. The van der Waals surface area contributed by atoms with Gasteiger partial charge in [0, 0.05) is 43.3 Å². The van der Waals surface area contributed by atoms with E-state index in [4.69, 9.17) is 14.2 Å². The van der Waals surface area contributed by atoms with Crippen LogP contribution in [-0.2, 0) is 17.8 Å². The van der Waals surface area contributed by atoms with Gasteiger partial charge in [0.05, 0.1) is 31.0 Å². The maximum absolute atomic E-state index is 6.03. The molecule has 1 aliphatic rings. The van der Waals surface area contributed by atoms with Crippen LogP contribution in [0.2, 0.25) is 0 Å². The monoisotopic (exact) mass is 362 g/mol. The molecule has 0 spiro atoms. The summed E-state index contributed by atoms with van der Waals surface area (Å²) in [6.07, 6.45) is 2.02. The molecule has 0 bridgehead atoms. The number of fused-ring (bicyclic) bond motifs is 1. The quantitative estimate of drug-likeness (QED) is 0.834. The highest BCUT2D eigenvalue weighted by molar-refractivity contribution is 7.09. The summed E-state index contributed by atoms with van der Waals surface area (Å²) in [5.74, 6) is 1.75. The first-order chi connectivity index (χ1) is 12.2. The summed E-state index contributed by atoms with van der Waals surface area (Å²) in [6.45, 7) is 6.78. The van der Waals surface area contributed by atoms with Gasteiger partial charge in [-0.05, 0) is 25.8 Å². The first-order valence-electron chi connectivity index (χ1n) is 8.75. The molecule has 0 N–H and O–H groups in total. The fourth-order valence-electron chi connectivity index (χ4n) is 2.88. The molecule has 0 atom stereocenters. The molecule has 0 fully saturated rings. The normalized spacial score (nSPS) is 17.0. The minimum Gasteiger partial charge on any atom is -0.497 e. The molecular formula is C19H26N2O3S. The van der Waals surface area contributed by atoms with E-state index < -0.39 is 0 Å². The Morgan fingerprint density at radius 2 is 2.12 bits per heavy atom. The molecule has 0 radical (unpaired) electrons. The molecule has 2 heterocycles. The summed E-state index contributed by atoms with van der Waals surface area (Å²) >= 11 is 1.70. The fourth-order valence-corrected chi connectivity index (χ4v) is 3.48. The molecule has 0 unspecified atom stereocenters. The van der Waals surface area contributed by atoms with Crippen LogP contribution in [-0.4, -0.2) is 43.4 Å². The van der Waals surface area contributed by atoms with Crippen LogP contribution in [0.4, 0.5) is 0 Å². The zero-order valence-corrected chi connectivity index (χ0v) is 15.8. The van der Waals surface area contributed by atoms with E-state index in [9.17, 15) is 0 Å². The first-order valence-corrected chi connectivity index (χ1v) is 9.63. The van der Waals surface area contributed by atoms with Crippen LogP contribution in [0.15, 0.2) is 23.6 Å². The second kappa shape index (κ2) is 9.17. The van der Waals surface area contributed by atoms with Gasteiger partial charge in [-0.1, -0.05) is 6.07 Å². The number of rotatable bonds is 3. The smallest absolute Gasteiger partial charge is 0.127 e. The van der Waals surface area contributed by atoms with Gasteiger partial charge in [-0.3, -0.25) is 4.90 Å². The average molecular weight is 362 g/mol. The highest BCUT2D eigenvalue weighted by atomic mass is 32.1. The lowest BCUT2D eigenvalue weighted by molar-refractivity contribution is 0.0905. The summed E-state index contributed by atoms with van der Waals surface area (Å²) in [6, 6.07) is 6.08. The van der Waals surface area contributed by atoms with Crippen molar-refractivity contribution in [2.24, 2.45) is 0 Å². The Hall–Kier alpha value is -1.63. The van der Waals surface area contributed by atoms with Gasteiger partial charge in [-0.25, -0.2) is 4.98 Å². The Morgan fingerprint density at radius 3 is 2.92 bits per heavy atom. The van der Waals surface area contributed by atoms with Crippen molar-refractivity contribution in [1.29, 1.82) is 0 Å². The van der Waals surface area contributed by atoms with E-state index in [-0.39, 0.29) is 0 Å². The summed E-state index contributed by atoms with van der Waals surface area (Å²) in [5.41, 5.74) is 2.29. The fraction of sp³-hybridized carbons (Fsp3) is 0.526. The topological polar surface area (TPSA) is 43.8 Å². The lowest BCUT2D eigenvalue weighted by Crippen LogP contribution is -2.28. The van der Waals surface area contributed by atoms with Gasteiger partial charge in [0.1, 0.15) is 11.5 Å². The summed E-state index contributed by atoms with van der Waals surface area (Å²) < 4.78 is 17.2. The van der Waals surface area contributed by atoms with Gasteiger partial charge in [-0.15, -0.1) is 11.3 Å². The molecular weight excluding hydrogens is 336 g/mol. The van der Waals surface area contributed by atoms with Crippen LogP contribution >= 0.6 is 11.3 Å². The van der Waals surface area contributed by atoms with Crippen LogP contribution < -0.4 is 9.47 Å². The second-order valence-electron chi connectivity index (χ2n) is 6.21. The Labute approximate surface area is 153 Å². The minimum atomic E-state index is 0.703. The maximum atomic E-state index is 6.03. The van der Waals surface area contributed by atoms with E-state index in [0.717, 1.165) is 67.9 Å². The molecule has 1 aromatic heterocycles. The molecule has 5 nitrogen and oxygen atoms in total. The van der Waals surface area contributed by atoms with E-state index in [1.54, 1.807) is 18.4 Å². The Balaban J connectivity index is 1.79. The van der Waals surface area contributed by atoms with Crippen LogP contribution in [0.5, 0.6) is 11.5 Å². The number of hydrogen-bond donors (Lipinski definition) is 0. The molecule has 6 heteroatoms. The molecule has 1 aliphatic heterocycles. The molecule has 0 aliphatic carbocycles. The zero-order valence-electron chi connectivity index (χ0n) is 15.0.